The van der Waals surface area contributed by atoms with Gasteiger partial charge in [-0.25, -0.2) is 4.79 Å². The monoisotopic (exact) mass is 440 g/mol. The lowest BCUT2D eigenvalue weighted by Gasteiger charge is -2.15. The SMILES string of the molecule is CCOc1cc(C=C2NC(=O)NC2=O)cc(Cl)c1OCc1ccc(Cl)c(Cl)c1. The second-order valence-corrected chi connectivity index (χ2v) is 6.99. The predicted octanol–water partition coefficient (Wildman–Crippen LogP) is 4.80. The number of carbonyl (C=O) groups excluding carboxylic acids is 2. The number of urea groups is 1. The van der Waals surface area contributed by atoms with Crippen LogP contribution in [0.3, 0.4) is 0 Å². The van der Waals surface area contributed by atoms with Gasteiger partial charge in [0.2, 0.25) is 0 Å². The molecule has 1 heterocycles. The number of hydrogen-bond donors (Lipinski definition) is 2. The van der Waals surface area contributed by atoms with Gasteiger partial charge in [0.25, 0.3) is 5.91 Å². The van der Waals surface area contributed by atoms with Gasteiger partial charge in [-0.15, -0.1) is 0 Å². The smallest absolute Gasteiger partial charge is 0.326 e. The number of benzene rings is 2. The Morgan fingerprint density at radius 2 is 1.75 bits per heavy atom. The summed E-state index contributed by atoms with van der Waals surface area (Å²) in [6, 6.07) is 7.89. The van der Waals surface area contributed by atoms with Crippen LogP contribution in [0.5, 0.6) is 11.5 Å². The van der Waals surface area contributed by atoms with E-state index in [1.54, 1.807) is 30.3 Å². The van der Waals surface area contributed by atoms with E-state index < -0.39 is 11.9 Å². The van der Waals surface area contributed by atoms with Crippen LogP contribution in [0.2, 0.25) is 15.1 Å². The molecule has 0 radical (unpaired) electrons. The van der Waals surface area contributed by atoms with Gasteiger partial charge in [-0.2, -0.15) is 0 Å². The molecular weight excluding hydrogens is 427 g/mol. The first kappa shape index (κ1) is 20.3. The van der Waals surface area contributed by atoms with Gasteiger partial charge in [-0.3, -0.25) is 10.1 Å². The van der Waals surface area contributed by atoms with E-state index in [0.717, 1.165) is 5.56 Å². The second kappa shape index (κ2) is 8.73. The molecule has 2 N–H and O–H groups in total. The summed E-state index contributed by atoms with van der Waals surface area (Å²) >= 11 is 18.3. The van der Waals surface area contributed by atoms with E-state index >= 15 is 0 Å². The van der Waals surface area contributed by atoms with Crippen molar-refractivity contribution in [2.45, 2.75) is 13.5 Å². The van der Waals surface area contributed by atoms with Gasteiger partial charge in [-0.05, 0) is 48.4 Å². The summed E-state index contributed by atoms with van der Waals surface area (Å²) in [6.07, 6.45) is 1.50. The Morgan fingerprint density at radius 1 is 0.964 bits per heavy atom. The first-order chi connectivity index (χ1) is 13.4. The minimum atomic E-state index is -0.575. The molecule has 3 amide bonds. The molecule has 9 heteroatoms. The zero-order valence-electron chi connectivity index (χ0n) is 14.6. The van der Waals surface area contributed by atoms with Crippen molar-refractivity contribution in [3.05, 3.63) is 62.2 Å². The van der Waals surface area contributed by atoms with Crippen LogP contribution in [0.15, 0.2) is 36.0 Å². The highest BCUT2D eigenvalue weighted by Gasteiger charge is 2.23. The number of nitrogens with one attached hydrogen (secondary N) is 2. The first-order valence-electron chi connectivity index (χ1n) is 8.24. The Bertz CT molecular complexity index is 976. The zero-order valence-corrected chi connectivity index (χ0v) is 16.9. The van der Waals surface area contributed by atoms with Crippen molar-refractivity contribution in [1.29, 1.82) is 0 Å². The van der Waals surface area contributed by atoms with E-state index in [9.17, 15) is 9.59 Å². The highest BCUT2D eigenvalue weighted by atomic mass is 35.5. The Kier molecular flexibility index (Phi) is 6.34. The lowest BCUT2D eigenvalue weighted by Crippen LogP contribution is -2.22. The molecule has 1 saturated heterocycles. The molecule has 0 bridgehead atoms. The quantitative estimate of drug-likeness (QED) is 0.498. The van der Waals surface area contributed by atoms with Gasteiger partial charge in [0.05, 0.1) is 21.7 Å². The van der Waals surface area contributed by atoms with Crippen LogP contribution in [0.1, 0.15) is 18.1 Å². The van der Waals surface area contributed by atoms with E-state index in [1.807, 2.05) is 6.92 Å². The number of amides is 3. The summed E-state index contributed by atoms with van der Waals surface area (Å²) in [7, 11) is 0. The molecule has 6 nitrogen and oxygen atoms in total. The minimum Gasteiger partial charge on any atom is -0.490 e. The average molecular weight is 442 g/mol. The first-order valence-corrected chi connectivity index (χ1v) is 9.38. The number of rotatable bonds is 6. The highest BCUT2D eigenvalue weighted by Crippen LogP contribution is 2.38. The standard InChI is InChI=1S/C19H15Cl3N2O4/c1-2-27-16-8-11(7-15-18(25)24-19(26)23-15)6-14(22)17(16)28-9-10-3-4-12(20)13(21)5-10/h3-8H,2,9H2,1H3,(H2,23,24,25,26). The molecule has 0 atom stereocenters. The summed E-state index contributed by atoms with van der Waals surface area (Å²) in [4.78, 5) is 22.9. The second-order valence-electron chi connectivity index (χ2n) is 5.77. The molecule has 2 aromatic rings. The van der Waals surface area contributed by atoms with E-state index in [2.05, 4.69) is 10.6 Å². The van der Waals surface area contributed by atoms with Crippen molar-refractivity contribution in [3.63, 3.8) is 0 Å². The molecule has 0 unspecified atom stereocenters. The Morgan fingerprint density at radius 3 is 2.39 bits per heavy atom. The molecule has 1 aliphatic rings. The number of hydrogen-bond acceptors (Lipinski definition) is 4. The van der Waals surface area contributed by atoms with Gasteiger partial charge in [-0.1, -0.05) is 40.9 Å². The summed E-state index contributed by atoms with van der Waals surface area (Å²) in [5.74, 6) is 0.252. The van der Waals surface area contributed by atoms with E-state index in [-0.39, 0.29) is 12.3 Å². The molecule has 0 saturated carbocycles. The predicted molar refractivity (Wildman–Crippen MR) is 108 cm³/mol. The van der Waals surface area contributed by atoms with Crippen molar-refractivity contribution >= 4 is 52.8 Å². The zero-order chi connectivity index (χ0) is 20.3. The molecule has 0 aromatic heterocycles. The van der Waals surface area contributed by atoms with Crippen LogP contribution in [0.4, 0.5) is 4.79 Å². The fourth-order valence-electron chi connectivity index (χ4n) is 2.51. The van der Waals surface area contributed by atoms with Gasteiger partial charge in [0.1, 0.15) is 12.3 Å². The molecule has 2 aromatic carbocycles. The fourth-order valence-corrected chi connectivity index (χ4v) is 3.10. The van der Waals surface area contributed by atoms with Crippen LogP contribution in [-0.4, -0.2) is 18.5 Å². The summed E-state index contributed by atoms with van der Waals surface area (Å²) in [5.41, 5.74) is 1.50. The van der Waals surface area contributed by atoms with Crippen LogP contribution in [0.25, 0.3) is 6.08 Å². The van der Waals surface area contributed by atoms with Crippen molar-refractivity contribution < 1.29 is 19.1 Å². The van der Waals surface area contributed by atoms with Crippen molar-refractivity contribution in [2.24, 2.45) is 0 Å². The molecule has 28 heavy (non-hydrogen) atoms. The summed E-state index contributed by atoms with van der Waals surface area (Å²) < 4.78 is 11.5. The molecule has 1 aliphatic heterocycles. The molecule has 0 spiro atoms. The van der Waals surface area contributed by atoms with Crippen LogP contribution in [-0.2, 0) is 11.4 Å². The lowest BCUT2D eigenvalue weighted by atomic mass is 10.1. The Hall–Kier alpha value is -2.41. The van der Waals surface area contributed by atoms with Gasteiger partial charge < -0.3 is 14.8 Å². The van der Waals surface area contributed by atoms with E-state index in [1.165, 1.54) is 6.08 Å². The third-order valence-corrected chi connectivity index (χ3v) is 4.75. The van der Waals surface area contributed by atoms with Crippen LogP contribution < -0.4 is 20.1 Å². The van der Waals surface area contributed by atoms with E-state index in [4.69, 9.17) is 44.3 Å². The van der Waals surface area contributed by atoms with Crippen LogP contribution in [0, 0.1) is 0 Å². The minimum absolute atomic E-state index is 0.119. The van der Waals surface area contributed by atoms with Gasteiger partial charge in [0, 0.05) is 0 Å². The van der Waals surface area contributed by atoms with Gasteiger partial charge in [0.15, 0.2) is 11.5 Å². The maximum Gasteiger partial charge on any atom is 0.326 e. The highest BCUT2D eigenvalue weighted by molar-refractivity contribution is 6.42. The number of ether oxygens (including phenoxy) is 2. The molecule has 3 rings (SSSR count). The normalized spacial score (nSPS) is 14.8. The topological polar surface area (TPSA) is 76.7 Å². The third kappa shape index (κ3) is 4.70. The Balaban J connectivity index is 1.86. The van der Waals surface area contributed by atoms with Crippen molar-refractivity contribution in [3.8, 4) is 11.5 Å². The Labute approximate surface area is 176 Å². The summed E-state index contributed by atoms with van der Waals surface area (Å²) in [5, 5.41) is 5.73. The number of imide groups is 1. The van der Waals surface area contributed by atoms with Crippen molar-refractivity contribution in [1.82, 2.24) is 10.6 Å². The maximum absolute atomic E-state index is 11.7. The largest absolute Gasteiger partial charge is 0.490 e. The molecule has 0 aliphatic carbocycles. The average Bonchev–Trinajstić information content (AvgIpc) is 2.94. The third-order valence-electron chi connectivity index (χ3n) is 3.73. The van der Waals surface area contributed by atoms with E-state index in [0.29, 0.717) is 38.7 Å². The molecule has 1 fully saturated rings. The van der Waals surface area contributed by atoms with Crippen molar-refractivity contribution in [2.75, 3.05) is 6.61 Å². The van der Waals surface area contributed by atoms with Gasteiger partial charge >= 0.3 is 6.03 Å². The van der Waals surface area contributed by atoms with Crippen LogP contribution >= 0.6 is 34.8 Å². The molecule has 146 valence electrons. The molecular formula is C19H15Cl3N2O4. The number of halogens is 3. The lowest BCUT2D eigenvalue weighted by molar-refractivity contribution is -0.115. The maximum atomic E-state index is 11.7. The fraction of sp³-hybridized carbons (Fsp3) is 0.158. The number of carbonyl (C=O) groups is 2. The summed E-state index contributed by atoms with van der Waals surface area (Å²) in [6.45, 7) is 2.42.